The van der Waals surface area contributed by atoms with Gasteiger partial charge in [0.2, 0.25) is 0 Å². The van der Waals surface area contributed by atoms with Gasteiger partial charge in [0.05, 0.1) is 23.9 Å². The smallest absolute Gasteiger partial charge is 0.178 e. The van der Waals surface area contributed by atoms with E-state index in [1.807, 2.05) is 24.3 Å². The largest absolute Gasteiger partial charge is 0.384 e. The summed E-state index contributed by atoms with van der Waals surface area (Å²) in [6, 6.07) is 12.0. The molecule has 1 aromatic carbocycles. The third-order valence-corrected chi connectivity index (χ3v) is 5.04. The van der Waals surface area contributed by atoms with Crippen molar-refractivity contribution in [2.45, 2.75) is 11.9 Å². The Morgan fingerprint density at radius 2 is 1.89 bits per heavy atom. The van der Waals surface area contributed by atoms with Crippen LogP contribution in [0.4, 0.5) is 0 Å². The van der Waals surface area contributed by atoms with Crippen LogP contribution in [0.15, 0.2) is 53.9 Å². The number of thioether (sulfide) groups is 1. The molecule has 0 atom stereocenters. The van der Waals surface area contributed by atoms with E-state index in [2.05, 4.69) is 44.3 Å². The maximum absolute atomic E-state index is 5.10. The van der Waals surface area contributed by atoms with Crippen LogP contribution in [-0.2, 0) is 4.74 Å². The van der Waals surface area contributed by atoms with Gasteiger partial charge in [-0.15, -0.1) is 22.0 Å². The van der Waals surface area contributed by atoms with Gasteiger partial charge in [-0.05, 0) is 19.1 Å². The second-order valence-electron chi connectivity index (χ2n) is 5.96. The van der Waals surface area contributed by atoms with Gasteiger partial charge in [0, 0.05) is 18.4 Å². The molecular weight excluding hydrogens is 360 g/mol. The van der Waals surface area contributed by atoms with Crippen molar-refractivity contribution in [2.75, 3.05) is 19.5 Å². The summed E-state index contributed by atoms with van der Waals surface area (Å²) in [7, 11) is 1.69. The Kier molecular flexibility index (Phi) is 5.08. The van der Waals surface area contributed by atoms with Gasteiger partial charge < -0.3 is 4.74 Å². The molecule has 4 aromatic rings. The zero-order chi connectivity index (χ0) is 18.6. The Morgan fingerprint density at radius 1 is 1.04 bits per heavy atom. The molecule has 0 aliphatic heterocycles. The molecule has 0 aliphatic carbocycles. The molecule has 0 aliphatic rings. The number of aromatic nitrogens is 6. The van der Waals surface area contributed by atoms with E-state index in [4.69, 9.17) is 4.74 Å². The van der Waals surface area contributed by atoms with Crippen LogP contribution in [0, 0.1) is 6.92 Å². The number of ether oxygens (including phenoxy) is 1. The van der Waals surface area contributed by atoms with Crippen molar-refractivity contribution in [2.24, 2.45) is 0 Å². The van der Waals surface area contributed by atoms with Crippen molar-refractivity contribution < 1.29 is 4.74 Å². The summed E-state index contributed by atoms with van der Waals surface area (Å²) in [5.41, 5.74) is 3.78. The topological polar surface area (TPSA) is 78.6 Å². The lowest BCUT2D eigenvalue weighted by Crippen LogP contribution is -2.03. The lowest BCUT2D eigenvalue weighted by Gasteiger charge is -2.05. The predicted molar refractivity (Wildman–Crippen MR) is 105 cm³/mol. The van der Waals surface area contributed by atoms with E-state index in [1.165, 1.54) is 5.56 Å². The molecule has 0 unspecified atom stereocenters. The van der Waals surface area contributed by atoms with Gasteiger partial charge in [-0.25, -0.2) is 9.97 Å². The van der Waals surface area contributed by atoms with Crippen LogP contribution in [0.5, 0.6) is 0 Å². The summed E-state index contributed by atoms with van der Waals surface area (Å²) in [6.45, 7) is 2.72. The molecule has 136 valence electrons. The van der Waals surface area contributed by atoms with Crippen LogP contribution in [0.1, 0.15) is 5.56 Å². The summed E-state index contributed by atoms with van der Waals surface area (Å²) < 4.78 is 6.78. The second kappa shape index (κ2) is 7.81. The highest BCUT2D eigenvalue weighted by molar-refractivity contribution is 7.99. The quantitative estimate of drug-likeness (QED) is 0.289. The molecule has 0 bridgehead atoms. The zero-order valence-electron chi connectivity index (χ0n) is 15.0. The fraction of sp³-hybridized carbons (Fsp3) is 0.211. The fourth-order valence-corrected chi connectivity index (χ4v) is 3.51. The molecule has 0 amide bonds. The number of hydrogen-bond acceptors (Lipinski definition) is 7. The monoisotopic (exact) mass is 378 g/mol. The zero-order valence-corrected chi connectivity index (χ0v) is 15.8. The Hall–Kier alpha value is -2.84. The van der Waals surface area contributed by atoms with Crippen LogP contribution in [0.2, 0.25) is 0 Å². The third-order valence-electron chi connectivity index (χ3n) is 4.07. The lowest BCUT2D eigenvalue weighted by atomic mass is 10.1. The van der Waals surface area contributed by atoms with Crippen LogP contribution in [-0.4, -0.2) is 49.4 Å². The van der Waals surface area contributed by atoms with Crippen molar-refractivity contribution in [1.29, 1.82) is 0 Å². The summed E-state index contributed by atoms with van der Waals surface area (Å²) in [6.07, 6.45) is 3.31. The molecule has 8 heteroatoms. The summed E-state index contributed by atoms with van der Waals surface area (Å²) >= 11 is 1.62. The average Bonchev–Trinajstić information content (AvgIpc) is 3.14. The van der Waals surface area contributed by atoms with Crippen LogP contribution in [0.25, 0.3) is 28.1 Å². The predicted octanol–water partition coefficient (Wildman–Crippen LogP) is 3.32. The number of methoxy groups -OCH3 is 1. The normalized spacial score (nSPS) is 11.2. The SMILES string of the molecule is COCCSc1ncnc2c1cnn2-c1ccc(-c2ccc(C)cc2)nn1. The van der Waals surface area contributed by atoms with E-state index >= 15 is 0 Å². The summed E-state index contributed by atoms with van der Waals surface area (Å²) in [4.78, 5) is 8.73. The molecular formula is C19H18N6OS. The Morgan fingerprint density at radius 3 is 2.63 bits per heavy atom. The average molecular weight is 378 g/mol. The van der Waals surface area contributed by atoms with E-state index in [0.29, 0.717) is 18.1 Å². The molecule has 0 spiro atoms. The molecule has 0 radical (unpaired) electrons. The standard InChI is InChI=1S/C19H18N6OS/c1-13-3-5-14(6-4-13)16-7-8-17(24-23-16)25-18-15(11-22-25)19(21-12-20-18)27-10-9-26-2/h3-8,11-12H,9-10H2,1-2H3. The minimum Gasteiger partial charge on any atom is -0.384 e. The fourth-order valence-electron chi connectivity index (χ4n) is 2.64. The first kappa shape index (κ1) is 17.6. The van der Waals surface area contributed by atoms with Crippen LogP contribution >= 0.6 is 11.8 Å². The highest BCUT2D eigenvalue weighted by Gasteiger charge is 2.13. The van der Waals surface area contributed by atoms with Gasteiger partial charge in [-0.3, -0.25) is 0 Å². The van der Waals surface area contributed by atoms with E-state index in [1.54, 1.807) is 36.1 Å². The molecule has 27 heavy (non-hydrogen) atoms. The molecule has 0 fully saturated rings. The minimum atomic E-state index is 0.618. The number of fused-ring (bicyclic) bond motifs is 1. The van der Waals surface area contributed by atoms with Crippen molar-refractivity contribution in [1.82, 2.24) is 29.9 Å². The first-order chi connectivity index (χ1) is 13.3. The van der Waals surface area contributed by atoms with E-state index in [-0.39, 0.29) is 0 Å². The van der Waals surface area contributed by atoms with Crippen LogP contribution < -0.4 is 0 Å². The lowest BCUT2D eigenvalue weighted by molar-refractivity contribution is 0.218. The molecule has 7 nitrogen and oxygen atoms in total. The highest BCUT2D eigenvalue weighted by atomic mass is 32.2. The van der Waals surface area contributed by atoms with Crippen molar-refractivity contribution in [3.8, 4) is 17.1 Å². The van der Waals surface area contributed by atoms with E-state index in [0.717, 1.165) is 27.4 Å². The highest BCUT2D eigenvalue weighted by Crippen LogP contribution is 2.25. The maximum Gasteiger partial charge on any atom is 0.178 e. The van der Waals surface area contributed by atoms with Crippen molar-refractivity contribution in [3.63, 3.8) is 0 Å². The number of hydrogen-bond donors (Lipinski definition) is 0. The molecule has 3 heterocycles. The van der Waals surface area contributed by atoms with Crippen molar-refractivity contribution >= 4 is 22.8 Å². The third kappa shape index (κ3) is 3.67. The minimum absolute atomic E-state index is 0.618. The summed E-state index contributed by atoms with van der Waals surface area (Å²) in [5.74, 6) is 1.44. The molecule has 0 saturated heterocycles. The second-order valence-corrected chi connectivity index (χ2v) is 7.04. The Labute approximate surface area is 160 Å². The molecule has 0 N–H and O–H groups in total. The number of aryl methyl sites for hydroxylation is 1. The van der Waals surface area contributed by atoms with Gasteiger partial charge in [-0.1, -0.05) is 29.8 Å². The number of rotatable bonds is 6. The maximum atomic E-state index is 5.10. The molecule has 4 rings (SSSR count). The van der Waals surface area contributed by atoms with E-state index < -0.39 is 0 Å². The van der Waals surface area contributed by atoms with E-state index in [9.17, 15) is 0 Å². The van der Waals surface area contributed by atoms with Crippen molar-refractivity contribution in [3.05, 3.63) is 54.5 Å². The Bertz CT molecular complexity index is 1050. The molecule has 0 saturated carbocycles. The van der Waals surface area contributed by atoms with Gasteiger partial charge in [0.25, 0.3) is 0 Å². The molecule has 3 aromatic heterocycles. The van der Waals surface area contributed by atoms with Gasteiger partial charge in [0.15, 0.2) is 11.5 Å². The van der Waals surface area contributed by atoms with Crippen LogP contribution in [0.3, 0.4) is 0 Å². The first-order valence-electron chi connectivity index (χ1n) is 8.48. The number of benzene rings is 1. The Balaban J connectivity index is 1.64. The van der Waals surface area contributed by atoms with Gasteiger partial charge >= 0.3 is 0 Å². The van der Waals surface area contributed by atoms with Gasteiger partial charge in [-0.2, -0.15) is 9.78 Å². The first-order valence-corrected chi connectivity index (χ1v) is 9.46. The summed E-state index contributed by atoms with van der Waals surface area (Å²) in [5, 5.41) is 14.9. The van der Waals surface area contributed by atoms with Gasteiger partial charge in [0.1, 0.15) is 11.4 Å². The number of nitrogens with zero attached hydrogens (tertiary/aromatic N) is 6.